The van der Waals surface area contributed by atoms with Crippen LogP contribution in [-0.4, -0.2) is 28.1 Å². The Labute approximate surface area is 185 Å². The van der Waals surface area contributed by atoms with Crippen LogP contribution in [0.1, 0.15) is 38.8 Å². The topological polar surface area (TPSA) is 86.9 Å². The standard InChI is InChI=1S/C24H26F2N4O2/c1-14(27-22(31)11-15-9-18(25)12-19(26)10-15)23(32)28-21-13-20(29-30-21)16-5-7-17(8-6-16)24(2,3)4/h5-10,12-14H,11H2,1-4H3,(H,27,31)(H2,28,29,30,32). The van der Waals surface area contributed by atoms with Gasteiger partial charge in [0.15, 0.2) is 0 Å². The van der Waals surface area contributed by atoms with E-state index in [-0.39, 0.29) is 17.4 Å². The lowest BCUT2D eigenvalue weighted by Gasteiger charge is -2.18. The third kappa shape index (κ3) is 6.00. The number of H-pyrrole nitrogens is 1. The first-order valence-electron chi connectivity index (χ1n) is 10.2. The van der Waals surface area contributed by atoms with Crippen molar-refractivity contribution in [2.45, 2.75) is 45.6 Å². The maximum atomic E-state index is 13.3. The minimum absolute atomic E-state index is 0.0483. The van der Waals surface area contributed by atoms with Gasteiger partial charge in [0.05, 0.1) is 12.1 Å². The Hall–Kier alpha value is -3.55. The van der Waals surface area contributed by atoms with Crippen LogP contribution in [0, 0.1) is 11.6 Å². The fraction of sp³-hybridized carbons (Fsp3) is 0.292. The number of amides is 2. The van der Waals surface area contributed by atoms with E-state index in [1.165, 1.54) is 12.5 Å². The average molecular weight is 440 g/mol. The summed E-state index contributed by atoms with van der Waals surface area (Å²) in [6.45, 7) is 7.93. The first-order chi connectivity index (χ1) is 15.0. The molecule has 2 amide bonds. The van der Waals surface area contributed by atoms with Crippen molar-refractivity contribution in [3.8, 4) is 11.3 Å². The molecule has 168 valence electrons. The van der Waals surface area contributed by atoms with Crippen LogP contribution in [0.4, 0.5) is 14.6 Å². The maximum Gasteiger partial charge on any atom is 0.247 e. The van der Waals surface area contributed by atoms with Crippen LogP contribution in [0.15, 0.2) is 48.5 Å². The molecule has 32 heavy (non-hydrogen) atoms. The molecule has 0 saturated heterocycles. The Morgan fingerprint density at radius 1 is 1.03 bits per heavy atom. The second kappa shape index (κ2) is 9.30. The number of hydrogen-bond donors (Lipinski definition) is 3. The van der Waals surface area contributed by atoms with E-state index in [1.807, 2.05) is 24.3 Å². The summed E-state index contributed by atoms with van der Waals surface area (Å²) in [7, 11) is 0. The molecule has 3 aromatic rings. The predicted molar refractivity (Wildman–Crippen MR) is 119 cm³/mol. The Bertz CT molecular complexity index is 1100. The number of nitrogens with zero attached hydrogens (tertiary/aromatic N) is 1. The Kier molecular flexibility index (Phi) is 6.72. The van der Waals surface area contributed by atoms with Gasteiger partial charge in [0.25, 0.3) is 0 Å². The largest absolute Gasteiger partial charge is 0.344 e. The van der Waals surface area contributed by atoms with Crippen molar-refractivity contribution in [3.05, 3.63) is 71.3 Å². The number of carbonyl (C=O) groups is 2. The van der Waals surface area contributed by atoms with Gasteiger partial charge in [0.1, 0.15) is 23.5 Å². The molecule has 3 rings (SSSR count). The zero-order valence-electron chi connectivity index (χ0n) is 18.4. The number of hydrogen-bond acceptors (Lipinski definition) is 3. The highest BCUT2D eigenvalue weighted by molar-refractivity contribution is 5.96. The third-order valence-electron chi connectivity index (χ3n) is 4.94. The number of rotatable bonds is 6. The zero-order chi connectivity index (χ0) is 23.5. The van der Waals surface area contributed by atoms with E-state index >= 15 is 0 Å². The molecule has 1 heterocycles. The minimum Gasteiger partial charge on any atom is -0.344 e. The van der Waals surface area contributed by atoms with Crippen LogP contribution in [0.25, 0.3) is 11.3 Å². The number of halogens is 2. The van der Waals surface area contributed by atoms with E-state index in [4.69, 9.17) is 0 Å². The number of carbonyl (C=O) groups excluding carboxylic acids is 2. The van der Waals surface area contributed by atoms with Crippen LogP contribution in [0.5, 0.6) is 0 Å². The normalized spacial score (nSPS) is 12.3. The van der Waals surface area contributed by atoms with Crippen LogP contribution in [0.3, 0.4) is 0 Å². The quantitative estimate of drug-likeness (QED) is 0.533. The summed E-state index contributed by atoms with van der Waals surface area (Å²) in [6, 6.07) is 11.8. The van der Waals surface area contributed by atoms with Crippen LogP contribution in [0.2, 0.25) is 0 Å². The molecular formula is C24H26F2N4O2. The minimum atomic E-state index is -0.862. The summed E-state index contributed by atoms with van der Waals surface area (Å²) in [5, 5.41) is 12.2. The number of anilines is 1. The Morgan fingerprint density at radius 2 is 1.66 bits per heavy atom. The number of aromatic amines is 1. The smallest absolute Gasteiger partial charge is 0.247 e. The maximum absolute atomic E-state index is 13.3. The molecule has 2 aromatic carbocycles. The van der Waals surface area contributed by atoms with E-state index in [2.05, 4.69) is 41.6 Å². The monoisotopic (exact) mass is 440 g/mol. The SMILES string of the molecule is CC(NC(=O)Cc1cc(F)cc(F)c1)C(=O)Nc1cc(-c2ccc(C(C)(C)C)cc2)n[nH]1. The fourth-order valence-corrected chi connectivity index (χ4v) is 3.17. The molecule has 0 spiro atoms. The van der Waals surface area contributed by atoms with E-state index in [9.17, 15) is 18.4 Å². The molecule has 0 aliphatic carbocycles. The second-order valence-electron chi connectivity index (χ2n) is 8.73. The van der Waals surface area contributed by atoms with Gasteiger partial charge in [-0.3, -0.25) is 14.7 Å². The molecule has 1 atom stereocenters. The first kappa shape index (κ1) is 23.1. The fourth-order valence-electron chi connectivity index (χ4n) is 3.17. The van der Waals surface area contributed by atoms with Gasteiger partial charge in [-0.1, -0.05) is 45.0 Å². The molecule has 8 heteroatoms. The highest BCUT2D eigenvalue weighted by atomic mass is 19.1. The Balaban J connectivity index is 1.57. The van der Waals surface area contributed by atoms with Crippen molar-refractivity contribution in [2.24, 2.45) is 0 Å². The molecule has 3 N–H and O–H groups in total. The number of benzene rings is 2. The van der Waals surface area contributed by atoms with Crippen molar-refractivity contribution < 1.29 is 18.4 Å². The summed E-state index contributed by atoms with van der Waals surface area (Å²) in [5.74, 6) is -2.12. The van der Waals surface area contributed by atoms with Crippen molar-refractivity contribution in [3.63, 3.8) is 0 Å². The molecular weight excluding hydrogens is 414 g/mol. The van der Waals surface area contributed by atoms with Gasteiger partial charge in [-0.05, 0) is 35.6 Å². The van der Waals surface area contributed by atoms with Crippen molar-refractivity contribution in [1.82, 2.24) is 15.5 Å². The highest BCUT2D eigenvalue weighted by Crippen LogP contribution is 2.26. The van der Waals surface area contributed by atoms with Gasteiger partial charge in [0.2, 0.25) is 11.8 Å². The van der Waals surface area contributed by atoms with E-state index in [0.29, 0.717) is 11.5 Å². The van der Waals surface area contributed by atoms with Gasteiger partial charge in [-0.2, -0.15) is 5.10 Å². The first-order valence-corrected chi connectivity index (χ1v) is 10.2. The summed E-state index contributed by atoms with van der Waals surface area (Å²) in [4.78, 5) is 24.5. The Morgan fingerprint density at radius 3 is 2.25 bits per heavy atom. The number of nitrogens with one attached hydrogen (secondary N) is 3. The second-order valence-corrected chi connectivity index (χ2v) is 8.73. The average Bonchev–Trinajstić information content (AvgIpc) is 3.15. The van der Waals surface area contributed by atoms with Crippen LogP contribution >= 0.6 is 0 Å². The van der Waals surface area contributed by atoms with Gasteiger partial charge in [-0.15, -0.1) is 0 Å². The molecule has 0 aliphatic rings. The van der Waals surface area contributed by atoms with Crippen molar-refractivity contribution >= 4 is 17.6 Å². The number of aromatic nitrogens is 2. The molecule has 6 nitrogen and oxygen atoms in total. The van der Waals surface area contributed by atoms with E-state index in [1.54, 1.807) is 6.07 Å². The molecule has 1 aromatic heterocycles. The van der Waals surface area contributed by atoms with E-state index < -0.39 is 29.5 Å². The van der Waals surface area contributed by atoms with Gasteiger partial charge in [-0.25, -0.2) is 8.78 Å². The lowest BCUT2D eigenvalue weighted by Crippen LogP contribution is -2.42. The lowest BCUT2D eigenvalue weighted by molar-refractivity contribution is -0.125. The summed E-state index contributed by atoms with van der Waals surface area (Å²) < 4.78 is 26.5. The van der Waals surface area contributed by atoms with Crippen molar-refractivity contribution in [1.29, 1.82) is 0 Å². The zero-order valence-corrected chi connectivity index (χ0v) is 18.4. The summed E-state index contributed by atoms with van der Waals surface area (Å²) >= 11 is 0. The van der Waals surface area contributed by atoms with Gasteiger partial charge >= 0.3 is 0 Å². The summed E-state index contributed by atoms with van der Waals surface area (Å²) in [6.07, 6.45) is -0.245. The van der Waals surface area contributed by atoms with E-state index in [0.717, 1.165) is 23.8 Å². The molecule has 0 radical (unpaired) electrons. The van der Waals surface area contributed by atoms with Gasteiger partial charge < -0.3 is 10.6 Å². The molecule has 0 aliphatic heterocycles. The summed E-state index contributed by atoms with van der Waals surface area (Å²) in [5.41, 5.74) is 3.01. The molecule has 0 fully saturated rings. The van der Waals surface area contributed by atoms with Gasteiger partial charge in [0, 0.05) is 17.7 Å². The third-order valence-corrected chi connectivity index (χ3v) is 4.94. The molecule has 0 saturated carbocycles. The highest BCUT2D eigenvalue weighted by Gasteiger charge is 2.18. The van der Waals surface area contributed by atoms with Crippen molar-refractivity contribution in [2.75, 3.05) is 5.32 Å². The predicted octanol–water partition coefficient (Wildman–Crippen LogP) is 4.34. The molecule has 0 bridgehead atoms. The lowest BCUT2D eigenvalue weighted by atomic mass is 9.86. The molecule has 1 unspecified atom stereocenters. The van der Waals surface area contributed by atoms with Crippen LogP contribution in [-0.2, 0) is 21.4 Å². The van der Waals surface area contributed by atoms with Crippen LogP contribution < -0.4 is 10.6 Å².